The summed E-state index contributed by atoms with van der Waals surface area (Å²) in [6.07, 6.45) is 9.55. The van der Waals surface area contributed by atoms with Crippen molar-refractivity contribution >= 4 is 11.5 Å². The third kappa shape index (κ3) is 5.57. The summed E-state index contributed by atoms with van der Waals surface area (Å²) < 4.78 is 0. The molecule has 152 valence electrons. The highest BCUT2D eigenvalue weighted by atomic mass is 16.1. The lowest BCUT2D eigenvalue weighted by Gasteiger charge is -2.32. The first-order chi connectivity index (χ1) is 14.3. The van der Waals surface area contributed by atoms with Gasteiger partial charge in [-0.3, -0.25) is 9.69 Å². The number of rotatable bonds is 6. The molecule has 1 heterocycles. The molecule has 0 saturated heterocycles. The lowest BCUT2D eigenvalue weighted by molar-refractivity contribution is 0.0920. The Kier molecular flexibility index (Phi) is 6.79. The van der Waals surface area contributed by atoms with E-state index in [2.05, 4.69) is 46.6 Å². The topological polar surface area (TPSA) is 32.3 Å². The van der Waals surface area contributed by atoms with Crippen molar-refractivity contribution in [2.75, 3.05) is 19.6 Å². The van der Waals surface area contributed by atoms with Gasteiger partial charge in [-0.05, 0) is 74.3 Å². The van der Waals surface area contributed by atoms with Gasteiger partial charge in [0, 0.05) is 24.7 Å². The number of carbonyl (C=O) groups is 1. The standard InChI is InChI=1S/C26H32N2O/c29-26(24-9-5-2-6-10-24)27-25-13-11-21(12-14-25)15-18-28-19-16-23(17-20-28)22-7-3-1-4-8-22/h1-10,16,21,25H,11-15,17-20H2,(H,27,29). The third-order valence-corrected chi connectivity index (χ3v) is 6.51. The van der Waals surface area contributed by atoms with Crippen molar-refractivity contribution in [1.82, 2.24) is 10.2 Å². The van der Waals surface area contributed by atoms with Gasteiger partial charge in [0.2, 0.25) is 0 Å². The molecule has 1 N–H and O–H groups in total. The SMILES string of the molecule is O=C(NC1CCC(CCN2CC=C(c3ccccc3)CC2)CC1)c1ccccc1. The Balaban J connectivity index is 1.16. The zero-order valence-electron chi connectivity index (χ0n) is 17.2. The van der Waals surface area contributed by atoms with Crippen molar-refractivity contribution in [3.05, 3.63) is 77.9 Å². The van der Waals surface area contributed by atoms with E-state index < -0.39 is 0 Å². The van der Waals surface area contributed by atoms with Crippen LogP contribution < -0.4 is 5.32 Å². The van der Waals surface area contributed by atoms with Gasteiger partial charge in [0.15, 0.2) is 0 Å². The molecule has 1 saturated carbocycles. The lowest BCUT2D eigenvalue weighted by atomic mass is 9.84. The molecule has 1 aliphatic carbocycles. The first kappa shape index (κ1) is 19.9. The molecule has 0 aromatic heterocycles. The molecule has 0 radical (unpaired) electrons. The number of nitrogens with zero attached hydrogens (tertiary/aromatic N) is 1. The second kappa shape index (κ2) is 9.89. The normalized spacial score (nSPS) is 22.7. The van der Waals surface area contributed by atoms with Gasteiger partial charge in [-0.1, -0.05) is 54.6 Å². The van der Waals surface area contributed by atoms with Crippen LogP contribution in [0.1, 0.15) is 54.4 Å². The van der Waals surface area contributed by atoms with Gasteiger partial charge >= 0.3 is 0 Å². The van der Waals surface area contributed by atoms with Crippen LogP contribution in [0.2, 0.25) is 0 Å². The fraction of sp³-hybridized carbons (Fsp3) is 0.423. The van der Waals surface area contributed by atoms with Crippen molar-refractivity contribution < 1.29 is 4.79 Å². The van der Waals surface area contributed by atoms with E-state index >= 15 is 0 Å². The molecule has 29 heavy (non-hydrogen) atoms. The molecular weight excluding hydrogens is 356 g/mol. The number of carbonyl (C=O) groups excluding carboxylic acids is 1. The summed E-state index contributed by atoms with van der Waals surface area (Å²) in [4.78, 5) is 14.9. The van der Waals surface area contributed by atoms with Crippen LogP contribution in [0.25, 0.3) is 5.57 Å². The molecule has 0 unspecified atom stereocenters. The average Bonchev–Trinajstić information content (AvgIpc) is 2.80. The minimum absolute atomic E-state index is 0.0726. The average molecular weight is 389 g/mol. The predicted octanol–water partition coefficient (Wildman–Crippen LogP) is 5.15. The summed E-state index contributed by atoms with van der Waals surface area (Å²) in [5.41, 5.74) is 3.64. The molecule has 0 atom stereocenters. The van der Waals surface area contributed by atoms with E-state index in [-0.39, 0.29) is 5.91 Å². The van der Waals surface area contributed by atoms with Crippen LogP contribution in [0.5, 0.6) is 0 Å². The van der Waals surface area contributed by atoms with Gasteiger partial charge in [-0.2, -0.15) is 0 Å². The van der Waals surface area contributed by atoms with Gasteiger partial charge in [0.25, 0.3) is 5.91 Å². The van der Waals surface area contributed by atoms with Gasteiger partial charge in [-0.25, -0.2) is 0 Å². The molecule has 0 spiro atoms. The molecule has 4 rings (SSSR count). The highest BCUT2D eigenvalue weighted by molar-refractivity contribution is 5.94. The first-order valence-corrected chi connectivity index (χ1v) is 11.1. The Labute approximate surface area is 174 Å². The second-order valence-electron chi connectivity index (χ2n) is 8.49. The summed E-state index contributed by atoms with van der Waals surface area (Å²) in [5.74, 6) is 0.878. The molecule has 3 heteroatoms. The maximum absolute atomic E-state index is 12.3. The zero-order chi connectivity index (χ0) is 19.9. The summed E-state index contributed by atoms with van der Waals surface area (Å²) in [6, 6.07) is 20.7. The summed E-state index contributed by atoms with van der Waals surface area (Å²) >= 11 is 0. The van der Waals surface area contributed by atoms with Crippen LogP contribution in [0.3, 0.4) is 0 Å². The van der Waals surface area contributed by atoms with Crippen molar-refractivity contribution in [1.29, 1.82) is 0 Å². The number of nitrogens with one attached hydrogen (secondary N) is 1. The number of hydrogen-bond acceptors (Lipinski definition) is 2. The first-order valence-electron chi connectivity index (χ1n) is 11.1. The fourth-order valence-electron chi connectivity index (χ4n) is 4.65. The minimum Gasteiger partial charge on any atom is -0.349 e. The zero-order valence-corrected chi connectivity index (χ0v) is 17.2. The quantitative estimate of drug-likeness (QED) is 0.742. The van der Waals surface area contributed by atoms with E-state index in [1.807, 2.05) is 30.3 Å². The molecule has 0 bridgehead atoms. The van der Waals surface area contributed by atoms with Crippen LogP contribution in [0, 0.1) is 5.92 Å². The Morgan fingerprint density at radius 1 is 0.931 bits per heavy atom. The van der Waals surface area contributed by atoms with Gasteiger partial charge in [0.05, 0.1) is 0 Å². The summed E-state index contributed by atoms with van der Waals surface area (Å²) in [7, 11) is 0. The van der Waals surface area contributed by atoms with E-state index in [0.29, 0.717) is 6.04 Å². The van der Waals surface area contributed by atoms with Crippen LogP contribution in [0.4, 0.5) is 0 Å². The Morgan fingerprint density at radius 3 is 2.28 bits per heavy atom. The van der Waals surface area contributed by atoms with Crippen molar-refractivity contribution in [3.8, 4) is 0 Å². The maximum atomic E-state index is 12.3. The third-order valence-electron chi connectivity index (χ3n) is 6.51. The monoisotopic (exact) mass is 388 g/mol. The molecule has 2 aromatic rings. The number of hydrogen-bond donors (Lipinski definition) is 1. The Bertz CT molecular complexity index is 807. The molecular formula is C26H32N2O. The van der Waals surface area contributed by atoms with Crippen molar-refractivity contribution in [3.63, 3.8) is 0 Å². The van der Waals surface area contributed by atoms with Crippen molar-refractivity contribution in [2.24, 2.45) is 5.92 Å². The highest BCUT2D eigenvalue weighted by Gasteiger charge is 2.23. The molecule has 2 aliphatic rings. The van der Waals surface area contributed by atoms with E-state index in [4.69, 9.17) is 0 Å². The molecule has 3 nitrogen and oxygen atoms in total. The van der Waals surface area contributed by atoms with E-state index in [1.165, 1.54) is 43.5 Å². The Morgan fingerprint density at radius 2 is 1.62 bits per heavy atom. The van der Waals surface area contributed by atoms with Crippen LogP contribution >= 0.6 is 0 Å². The molecule has 1 fully saturated rings. The predicted molar refractivity (Wildman–Crippen MR) is 120 cm³/mol. The second-order valence-corrected chi connectivity index (χ2v) is 8.49. The molecule has 2 aromatic carbocycles. The van der Waals surface area contributed by atoms with E-state index in [9.17, 15) is 4.79 Å². The van der Waals surface area contributed by atoms with Crippen molar-refractivity contribution in [2.45, 2.75) is 44.6 Å². The van der Waals surface area contributed by atoms with Gasteiger partial charge < -0.3 is 5.32 Å². The van der Waals surface area contributed by atoms with Gasteiger partial charge in [0.1, 0.15) is 0 Å². The van der Waals surface area contributed by atoms with Crippen LogP contribution in [-0.2, 0) is 0 Å². The fourth-order valence-corrected chi connectivity index (χ4v) is 4.65. The summed E-state index contributed by atoms with van der Waals surface area (Å²) in [6.45, 7) is 3.44. The lowest BCUT2D eigenvalue weighted by Crippen LogP contribution is -2.38. The maximum Gasteiger partial charge on any atom is 0.251 e. The minimum atomic E-state index is 0.0726. The highest BCUT2D eigenvalue weighted by Crippen LogP contribution is 2.28. The largest absolute Gasteiger partial charge is 0.349 e. The summed E-state index contributed by atoms with van der Waals surface area (Å²) in [5, 5.41) is 3.22. The van der Waals surface area contributed by atoms with Crippen LogP contribution in [0.15, 0.2) is 66.7 Å². The van der Waals surface area contributed by atoms with Crippen LogP contribution in [-0.4, -0.2) is 36.5 Å². The molecule has 1 amide bonds. The van der Waals surface area contributed by atoms with Gasteiger partial charge in [-0.15, -0.1) is 0 Å². The molecule has 1 aliphatic heterocycles. The number of benzene rings is 2. The Hall–Kier alpha value is -2.39. The smallest absolute Gasteiger partial charge is 0.251 e. The van der Waals surface area contributed by atoms with E-state index in [0.717, 1.165) is 37.3 Å². The number of amides is 1. The van der Waals surface area contributed by atoms with E-state index in [1.54, 1.807) is 0 Å².